The van der Waals surface area contributed by atoms with Gasteiger partial charge in [0.1, 0.15) is 5.82 Å². The normalized spacial score (nSPS) is 13.2. The molecule has 2 N–H and O–H groups in total. The lowest BCUT2D eigenvalue weighted by molar-refractivity contribution is -0.137. The first kappa shape index (κ1) is 14.5. The van der Waals surface area contributed by atoms with E-state index in [0.29, 0.717) is 17.9 Å². The number of halogens is 3. The fraction of sp³-hybridized carbons (Fsp3) is 0.286. The Kier molecular flexibility index (Phi) is 4.04. The van der Waals surface area contributed by atoms with Crippen LogP contribution in [0.4, 0.5) is 13.2 Å². The van der Waals surface area contributed by atoms with Crippen LogP contribution in [-0.2, 0) is 12.6 Å². The van der Waals surface area contributed by atoms with Crippen molar-refractivity contribution in [3.8, 4) is 0 Å². The number of nitrogens with two attached hydrogens (primary N) is 1. The summed E-state index contributed by atoms with van der Waals surface area (Å²) in [5, 5.41) is 0. The largest absolute Gasteiger partial charge is 0.416 e. The van der Waals surface area contributed by atoms with Crippen LogP contribution < -0.4 is 5.73 Å². The zero-order valence-corrected chi connectivity index (χ0v) is 10.9. The van der Waals surface area contributed by atoms with Crippen LogP contribution in [-0.4, -0.2) is 9.97 Å². The summed E-state index contributed by atoms with van der Waals surface area (Å²) in [6, 6.07) is 6.35. The van der Waals surface area contributed by atoms with Crippen LogP contribution in [0, 0.1) is 6.92 Å². The molecular formula is C14H14F3N3. The number of benzene rings is 1. The average molecular weight is 281 g/mol. The smallest absolute Gasteiger partial charge is 0.322 e. The maximum Gasteiger partial charge on any atom is 0.416 e. The topological polar surface area (TPSA) is 51.8 Å². The van der Waals surface area contributed by atoms with Gasteiger partial charge in [-0.25, -0.2) is 9.97 Å². The Bertz CT molecular complexity index is 579. The van der Waals surface area contributed by atoms with Gasteiger partial charge in [0.25, 0.3) is 0 Å². The molecule has 2 rings (SSSR count). The second-order valence-corrected chi connectivity index (χ2v) is 4.53. The zero-order valence-electron chi connectivity index (χ0n) is 10.9. The van der Waals surface area contributed by atoms with E-state index < -0.39 is 11.7 Å². The molecule has 0 spiro atoms. The van der Waals surface area contributed by atoms with Gasteiger partial charge in [-0.05, 0) is 37.1 Å². The maximum atomic E-state index is 12.4. The minimum absolute atomic E-state index is 0.367. The van der Waals surface area contributed by atoms with Crippen LogP contribution in [0.5, 0.6) is 0 Å². The number of aryl methyl sites for hydroxylation is 1. The SMILES string of the molecule is Cc1nccc(C(N)Cc2ccc(C(F)(F)F)cc2)n1. The fourth-order valence-electron chi connectivity index (χ4n) is 1.87. The Morgan fingerprint density at radius 3 is 2.35 bits per heavy atom. The molecule has 2 aromatic rings. The summed E-state index contributed by atoms with van der Waals surface area (Å²) in [4.78, 5) is 8.19. The molecule has 0 saturated heterocycles. The molecule has 20 heavy (non-hydrogen) atoms. The van der Waals surface area contributed by atoms with E-state index in [9.17, 15) is 13.2 Å². The van der Waals surface area contributed by atoms with Gasteiger partial charge >= 0.3 is 6.18 Å². The van der Waals surface area contributed by atoms with Crippen LogP contribution in [0.1, 0.15) is 28.7 Å². The van der Waals surface area contributed by atoms with Gasteiger partial charge in [-0.3, -0.25) is 0 Å². The summed E-state index contributed by atoms with van der Waals surface area (Å²) < 4.78 is 37.3. The summed E-state index contributed by atoms with van der Waals surface area (Å²) in [5.41, 5.74) is 6.76. The average Bonchev–Trinajstić information content (AvgIpc) is 2.38. The second kappa shape index (κ2) is 5.58. The van der Waals surface area contributed by atoms with Gasteiger partial charge < -0.3 is 5.73 Å². The Morgan fingerprint density at radius 1 is 1.15 bits per heavy atom. The highest BCUT2D eigenvalue weighted by molar-refractivity contribution is 5.26. The highest BCUT2D eigenvalue weighted by atomic mass is 19.4. The number of aromatic nitrogens is 2. The second-order valence-electron chi connectivity index (χ2n) is 4.53. The van der Waals surface area contributed by atoms with Crippen molar-refractivity contribution in [3.63, 3.8) is 0 Å². The van der Waals surface area contributed by atoms with Crippen molar-refractivity contribution < 1.29 is 13.2 Å². The minimum atomic E-state index is -4.32. The number of nitrogens with zero attached hydrogens (tertiary/aromatic N) is 2. The van der Waals surface area contributed by atoms with Crippen molar-refractivity contribution in [2.24, 2.45) is 5.73 Å². The lowest BCUT2D eigenvalue weighted by Gasteiger charge is -2.12. The zero-order chi connectivity index (χ0) is 14.8. The lowest BCUT2D eigenvalue weighted by atomic mass is 10.0. The molecule has 1 atom stereocenters. The molecule has 0 saturated carbocycles. The molecular weight excluding hydrogens is 267 g/mol. The van der Waals surface area contributed by atoms with Gasteiger partial charge in [0.15, 0.2) is 0 Å². The molecule has 0 amide bonds. The van der Waals surface area contributed by atoms with Crippen LogP contribution in [0.2, 0.25) is 0 Å². The van der Waals surface area contributed by atoms with Crippen molar-refractivity contribution >= 4 is 0 Å². The molecule has 106 valence electrons. The maximum absolute atomic E-state index is 12.4. The van der Waals surface area contributed by atoms with Crippen LogP contribution in [0.3, 0.4) is 0 Å². The standard InChI is InChI=1S/C14H14F3N3/c1-9-19-7-6-13(20-9)12(18)8-10-2-4-11(5-3-10)14(15,16)17/h2-7,12H,8,18H2,1H3. The molecule has 0 aliphatic carbocycles. The van der Waals surface area contributed by atoms with Crippen molar-refractivity contribution in [1.29, 1.82) is 0 Å². The summed E-state index contributed by atoms with van der Waals surface area (Å²) in [6.07, 6.45) is -2.27. The van der Waals surface area contributed by atoms with Crippen molar-refractivity contribution in [2.75, 3.05) is 0 Å². The minimum Gasteiger partial charge on any atom is -0.322 e. The number of rotatable bonds is 3. The molecule has 1 unspecified atom stereocenters. The van der Waals surface area contributed by atoms with E-state index in [4.69, 9.17) is 5.73 Å². The molecule has 0 fully saturated rings. The molecule has 0 aliphatic heterocycles. The third-order valence-corrected chi connectivity index (χ3v) is 2.91. The van der Waals surface area contributed by atoms with Crippen LogP contribution in [0.15, 0.2) is 36.5 Å². The van der Waals surface area contributed by atoms with E-state index >= 15 is 0 Å². The molecule has 0 bridgehead atoms. The van der Waals surface area contributed by atoms with Crippen LogP contribution in [0.25, 0.3) is 0 Å². The summed E-state index contributed by atoms with van der Waals surface area (Å²) >= 11 is 0. The Hall–Kier alpha value is -1.95. The first-order valence-corrected chi connectivity index (χ1v) is 6.07. The summed E-state index contributed by atoms with van der Waals surface area (Å²) in [5.74, 6) is 0.616. The quantitative estimate of drug-likeness (QED) is 0.940. The van der Waals surface area contributed by atoms with E-state index in [-0.39, 0.29) is 6.04 Å². The van der Waals surface area contributed by atoms with E-state index in [1.807, 2.05) is 0 Å². The number of hydrogen-bond acceptors (Lipinski definition) is 3. The molecule has 1 aromatic carbocycles. The van der Waals surface area contributed by atoms with E-state index in [2.05, 4.69) is 9.97 Å². The van der Waals surface area contributed by atoms with E-state index in [0.717, 1.165) is 17.7 Å². The fourth-order valence-corrected chi connectivity index (χ4v) is 1.87. The predicted octanol–water partition coefficient (Wildman–Crippen LogP) is 3.05. The van der Waals surface area contributed by atoms with Gasteiger partial charge in [0.2, 0.25) is 0 Å². The van der Waals surface area contributed by atoms with Crippen molar-refractivity contribution in [1.82, 2.24) is 9.97 Å². The van der Waals surface area contributed by atoms with Crippen LogP contribution >= 0.6 is 0 Å². The number of alkyl halides is 3. The predicted molar refractivity (Wildman–Crippen MR) is 68.8 cm³/mol. The summed E-state index contributed by atoms with van der Waals surface area (Å²) in [6.45, 7) is 1.76. The van der Waals surface area contributed by atoms with Gasteiger partial charge in [0.05, 0.1) is 17.3 Å². The van der Waals surface area contributed by atoms with E-state index in [1.54, 1.807) is 19.2 Å². The van der Waals surface area contributed by atoms with Gasteiger partial charge in [-0.2, -0.15) is 13.2 Å². The third kappa shape index (κ3) is 3.54. The monoisotopic (exact) mass is 281 g/mol. The molecule has 0 radical (unpaired) electrons. The van der Waals surface area contributed by atoms with Gasteiger partial charge in [-0.15, -0.1) is 0 Å². The number of hydrogen-bond donors (Lipinski definition) is 1. The van der Waals surface area contributed by atoms with E-state index in [1.165, 1.54) is 12.1 Å². The lowest BCUT2D eigenvalue weighted by Crippen LogP contribution is -2.15. The van der Waals surface area contributed by atoms with Crippen molar-refractivity contribution in [2.45, 2.75) is 25.6 Å². The first-order chi connectivity index (χ1) is 9.36. The molecule has 1 aromatic heterocycles. The van der Waals surface area contributed by atoms with Gasteiger partial charge in [-0.1, -0.05) is 12.1 Å². The Balaban J connectivity index is 2.10. The molecule has 0 aliphatic rings. The van der Waals surface area contributed by atoms with Gasteiger partial charge in [0, 0.05) is 6.20 Å². The highest BCUT2D eigenvalue weighted by Gasteiger charge is 2.29. The molecule has 1 heterocycles. The third-order valence-electron chi connectivity index (χ3n) is 2.91. The van der Waals surface area contributed by atoms with Crippen molar-refractivity contribution in [3.05, 3.63) is 59.2 Å². The molecule has 6 heteroatoms. The highest BCUT2D eigenvalue weighted by Crippen LogP contribution is 2.29. The Labute approximate surface area is 114 Å². The Morgan fingerprint density at radius 2 is 1.80 bits per heavy atom. The first-order valence-electron chi connectivity index (χ1n) is 6.07. The summed E-state index contributed by atoms with van der Waals surface area (Å²) in [7, 11) is 0. The molecule has 3 nitrogen and oxygen atoms in total.